The highest BCUT2D eigenvalue weighted by atomic mass is 16.5. The lowest BCUT2D eigenvalue weighted by Gasteiger charge is -2.12. The van der Waals surface area contributed by atoms with Crippen molar-refractivity contribution >= 4 is 5.97 Å². The molecule has 4 nitrogen and oxygen atoms in total. The molecule has 2 atom stereocenters. The molecule has 0 spiro atoms. The fourth-order valence-corrected chi connectivity index (χ4v) is 0.304. The van der Waals surface area contributed by atoms with Gasteiger partial charge in [0.25, 0.3) is 0 Å². The van der Waals surface area contributed by atoms with Crippen molar-refractivity contribution in [3.63, 3.8) is 0 Å². The normalized spacial score (nSPS) is 18.2. The Kier molecular flexibility index (Phi) is 2.48. The van der Waals surface area contributed by atoms with E-state index in [0.29, 0.717) is 0 Å². The van der Waals surface area contributed by atoms with Gasteiger partial charge in [0.2, 0.25) is 0 Å². The van der Waals surface area contributed by atoms with Crippen LogP contribution in [0, 0.1) is 0 Å². The molecule has 0 aliphatic carbocycles. The highest BCUT2D eigenvalue weighted by Gasteiger charge is 2.18. The zero-order valence-corrected chi connectivity index (χ0v) is 5.20. The molecule has 0 saturated heterocycles. The molecule has 0 heterocycles. The summed E-state index contributed by atoms with van der Waals surface area (Å²) in [5, 5.41) is 8.31. The number of aliphatic carboxylic acids is 1. The SMILES string of the molecule is [2H]COC(C)C(N)C(=O)O. The fraction of sp³-hybridized carbons (Fsp3) is 0.800. The Hall–Kier alpha value is -0.610. The highest BCUT2D eigenvalue weighted by Crippen LogP contribution is 1.92. The lowest BCUT2D eigenvalue weighted by molar-refractivity contribution is -0.141. The van der Waals surface area contributed by atoms with Gasteiger partial charge in [-0.2, -0.15) is 0 Å². The van der Waals surface area contributed by atoms with Gasteiger partial charge in [-0.15, -0.1) is 0 Å². The summed E-state index contributed by atoms with van der Waals surface area (Å²) in [6.45, 7) is 1.52. The van der Waals surface area contributed by atoms with Gasteiger partial charge in [-0.3, -0.25) is 4.79 Å². The number of carbonyl (C=O) groups is 1. The first-order chi connectivity index (χ1) is 4.59. The summed E-state index contributed by atoms with van der Waals surface area (Å²) in [5.41, 5.74) is 5.14. The van der Waals surface area contributed by atoms with Crippen LogP contribution < -0.4 is 5.73 Å². The third-order valence-electron chi connectivity index (χ3n) is 1.05. The molecule has 0 saturated carbocycles. The quantitative estimate of drug-likeness (QED) is 0.542. The molecule has 0 aromatic rings. The highest BCUT2D eigenvalue weighted by molar-refractivity contribution is 5.73. The van der Waals surface area contributed by atoms with Crippen molar-refractivity contribution in [2.24, 2.45) is 5.73 Å². The maximum atomic E-state index is 10.1. The van der Waals surface area contributed by atoms with Crippen LogP contribution in [0.1, 0.15) is 8.29 Å². The summed E-state index contributed by atoms with van der Waals surface area (Å²) >= 11 is 0. The van der Waals surface area contributed by atoms with Crippen LogP contribution in [-0.2, 0) is 9.53 Å². The number of hydrogen-bond donors (Lipinski definition) is 2. The third-order valence-corrected chi connectivity index (χ3v) is 1.05. The Balaban J connectivity index is 3.69. The van der Waals surface area contributed by atoms with Crippen LogP contribution in [0.3, 0.4) is 0 Å². The van der Waals surface area contributed by atoms with E-state index in [9.17, 15) is 4.79 Å². The number of rotatable bonds is 3. The van der Waals surface area contributed by atoms with E-state index in [1.165, 1.54) is 6.92 Å². The predicted octanol–water partition coefficient (Wildman–Crippen LogP) is -0.567. The van der Waals surface area contributed by atoms with Gasteiger partial charge in [-0.1, -0.05) is 0 Å². The fourth-order valence-electron chi connectivity index (χ4n) is 0.304. The lowest BCUT2D eigenvalue weighted by atomic mass is 10.2. The minimum atomic E-state index is -1.11. The summed E-state index contributed by atoms with van der Waals surface area (Å²) in [6.07, 6.45) is -0.602. The van der Waals surface area contributed by atoms with E-state index < -0.39 is 18.1 Å². The van der Waals surface area contributed by atoms with E-state index in [1.807, 2.05) is 0 Å². The van der Waals surface area contributed by atoms with Crippen molar-refractivity contribution in [1.29, 1.82) is 0 Å². The number of carboxylic acids is 1. The van der Waals surface area contributed by atoms with E-state index in [0.717, 1.165) is 0 Å². The number of hydrogen-bond acceptors (Lipinski definition) is 3. The topological polar surface area (TPSA) is 72.5 Å². The molecule has 9 heavy (non-hydrogen) atoms. The van der Waals surface area contributed by atoms with Crippen molar-refractivity contribution < 1.29 is 16.0 Å². The van der Waals surface area contributed by atoms with Crippen LogP contribution in [0.5, 0.6) is 0 Å². The molecule has 0 fully saturated rings. The Morgan fingerprint density at radius 1 is 2.00 bits per heavy atom. The van der Waals surface area contributed by atoms with Crippen molar-refractivity contribution in [3.8, 4) is 0 Å². The Morgan fingerprint density at radius 2 is 2.56 bits per heavy atom. The zero-order valence-electron chi connectivity index (χ0n) is 6.20. The first kappa shape index (κ1) is 6.51. The Morgan fingerprint density at radius 3 is 2.89 bits per heavy atom. The van der Waals surface area contributed by atoms with Crippen molar-refractivity contribution in [3.05, 3.63) is 0 Å². The van der Waals surface area contributed by atoms with Gasteiger partial charge >= 0.3 is 5.97 Å². The number of carboxylic acid groups (broad SMARTS) is 1. The molecular formula is C5H11NO3. The number of nitrogens with two attached hydrogens (primary N) is 1. The largest absolute Gasteiger partial charge is 0.480 e. The minimum Gasteiger partial charge on any atom is -0.480 e. The molecule has 0 aromatic heterocycles. The second kappa shape index (κ2) is 3.42. The van der Waals surface area contributed by atoms with E-state index in [1.54, 1.807) is 0 Å². The molecule has 0 rings (SSSR count). The lowest BCUT2D eigenvalue weighted by Crippen LogP contribution is -2.40. The molecule has 0 aliphatic rings. The molecule has 3 N–H and O–H groups in total. The van der Waals surface area contributed by atoms with E-state index >= 15 is 0 Å². The van der Waals surface area contributed by atoms with Gasteiger partial charge < -0.3 is 15.6 Å². The number of ether oxygens (including phenoxy) is 1. The predicted molar refractivity (Wildman–Crippen MR) is 32.1 cm³/mol. The molecule has 0 radical (unpaired) electrons. The maximum Gasteiger partial charge on any atom is 0.323 e. The van der Waals surface area contributed by atoms with Gasteiger partial charge in [0.15, 0.2) is 0 Å². The molecule has 0 aliphatic heterocycles. The second-order valence-electron chi connectivity index (χ2n) is 1.74. The summed E-state index contributed by atoms with van der Waals surface area (Å²) in [5.74, 6) is -1.11. The summed E-state index contributed by atoms with van der Waals surface area (Å²) in [7, 11) is -0.262. The van der Waals surface area contributed by atoms with E-state index in [-0.39, 0.29) is 7.09 Å². The monoisotopic (exact) mass is 134 g/mol. The summed E-state index contributed by atoms with van der Waals surface area (Å²) in [4.78, 5) is 10.1. The van der Waals surface area contributed by atoms with Gasteiger partial charge in [0.05, 0.1) is 7.47 Å². The van der Waals surface area contributed by atoms with Gasteiger partial charge in [-0.25, -0.2) is 0 Å². The van der Waals surface area contributed by atoms with Crippen LogP contribution in [0.2, 0.25) is 0 Å². The average molecular weight is 134 g/mol. The molecule has 0 bridgehead atoms. The van der Waals surface area contributed by atoms with Crippen LogP contribution >= 0.6 is 0 Å². The Labute approximate surface area is 55.0 Å². The van der Waals surface area contributed by atoms with E-state index in [4.69, 9.17) is 12.2 Å². The summed E-state index contributed by atoms with van der Waals surface area (Å²) < 4.78 is 11.2. The molecular weight excluding hydrogens is 122 g/mol. The van der Waals surface area contributed by atoms with Crippen LogP contribution in [0.15, 0.2) is 0 Å². The van der Waals surface area contributed by atoms with Crippen LogP contribution in [0.4, 0.5) is 0 Å². The van der Waals surface area contributed by atoms with Crippen LogP contribution in [0.25, 0.3) is 0 Å². The molecule has 2 unspecified atom stereocenters. The van der Waals surface area contributed by atoms with Gasteiger partial charge in [-0.05, 0) is 6.92 Å². The first-order valence-electron chi connectivity index (χ1n) is 3.19. The standard InChI is InChI=1S/C5H11NO3/c1-3(9-2)4(6)5(7)8/h3-4H,6H2,1-2H3,(H,7,8)/i2D. The average Bonchev–Trinajstić information content (AvgIpc) is 1.87. The maximum absolute atomic E-state index is 10.1. The van der Waals surface area contributed by atoms with Crippen molar-refractivity contribution in [2.45, 2.75) is 19.1 Å². The summed E-state index contributed by atoms with van der Waals surface area (Å²) in [6, 6.07) is -1.04. The van der Waals surface area contributed by atoms with Gasteiger partial charge in [0, 0.05) is 7.09 Å². The molecule has 0 aromatic carbocycles. The Bertz CT molecular complexity index is 119. The van der Waals surface area contributed by atoms with Crippen molar-refractivity contribution in [2.75, 3.05) is 7.09 Å². The van der Waals surface area contributed by atoms with Crippen LogP contribution in [-0.4, -0.2) is 30.3 Å². The first-order valence-corrected chi connectivity index (χ1v) is 2.48. The minimum absolute atomic E-state index is 0.262. The molecule has 4 heteroatoms. The smallest absolute Gasteiger partial charge is 0.323 e. The molecule has 0 amide bonds. The van der Waals surface area contributed by atoms with E-state index in [2.05, 4.69) is 4.74 Å². The van der Waals surface area contributed by atoms with Gasteiger partial charge in [0.1, 0.15) is 6.04 Å². The molecule has 54 valence electrons. The zero-order chi connectivity index (χ0) is 8.15. The second-order valence-corrected chi connectivity index (χ2v) is 1.74. The number of methoxy groups -OCH3 is 1. The van der Waals surface area contributed by atoms with Crippen molar-refractivity contribution in [1.82, 2.24) is 0 Å². The third kappa shape index (κ3) is 2.43.